The summed E-state index contributed by atoms with van der Waals surface area (Å²) in [5, 5.41) is 3.29. The molecule has 1 N–H and O–H groups in total. The first-order valence-corrected chi connectivity index (χ1v) is 7.98. The molecule has 3 nitrogen and oxygen atoms in total. The van der Waals surface area contributed by atoms with Crippen LogP contribution in [0.25, 0.3) is 0 Å². The van der Waals surface area contributed by atoms with E-state index in [1.807, 2.05) is 37.4 Å². The largest absolute Gasteiger partial charge is 0.456 e. The number of halogens is 2. The van der Waals surface area contributed by atoms with Crippen LogP contribution in [-0.4, -0.2) is 11.5 Å². The maximum atomic E-state index is 6.03. The van der Waals surface area contributed by atoms with Crippen molar-refractivity contribution in [2.24, 2.45) is 0 Å². The molecule has 20 heavy (non-hydrogen) atoms. The van der Waals surface area contributed by atoms with Crippen LogP contribution in [0.5, 0.6) is 11.5 Å². The molecular formula is C15H16Br2N2O. The van der Waals surface area contributed by atoms with Crippen molar-refractivity contribution in [1.29, 1.82) is 0 Å². The third-order valence-corrected chi connectivity index (χ3v) is 3.87. The number of benzene rings is 1. The summed E-state index contributed by atoms with van der Waals surface area (Å²) in [6, 6.07) is 7.81. The molecule has 0 amide bonds. The van der Waals surface area contributed by atoms with Crippen molar-refractivity contribution in [3.05, 3.63) is 50.7 Å². The Hall–Kier alpha value is -0.910. The van der Waals surface area contributed by atoms with Gasteiger partial charge in [0.05, 0.1) is 4.47 Å². The Morgan fingerprint density at radius 1 is 1.20 bits per heavy atom. The van der Waals surface area contributed by atoms with Crippen molar-refractivity contribution in [2.45, 2.75) is 20.4 Å². The van der Waals surface area contributed by atoms with E-state index in [0.29, 0.717) is 0 Å². The number of nitrogens with one attached hydrogen (secondary N) is 1. The fourth-order valence-electron chi connectivity index (χ4n) is 1.73. The Morgan fingerprint density at radius 3 is 2.70 bits per heavy atom. The summed E-state index contributed by atoms with van der Waals surface area (Å²) in [4.78, 5) is 4.33. The van der Waals surface area contributed by atoms with E-state index >= 15 is 0 Å². The molecule has 0 saturated heterocycles. The monoisotopic (exact) mass is 398 g/mol. The first-order chi connectivity index (χ1) is 9.60. The van der Waals surface area contributed by atoms with Crippen LogP contribution < -0.4 is 10.1 Å². The number of pyridine rings is 1. The van der Waals surface area contributed by atoms with Gasteiger partial charge in [-0.15, -0.1) is 0 Å². The van der Waals surface area contributed by atoms with Gasteiger partial charge in [-0.1, -0.05) is 22.9 Å². The van der Waals surface area contributed by atoms with Gasteiger partial charge in [-0.2, -0.15) is 0 Å². The molecule has 0 fully saturated rings. The van der Waals surface area contributed by atoms with Crippen LogP contribution in [0.2, 0.25) is 0 Å². The molecule has 2 aromatic rings. The molecule has 0 aliphatic carbocycles. The predicted molar refractivity (Wildman–Crippen MR) is 88.3 cm³/mol. The maximum absolute atomic E-state index is 6.03. The van der Waals surface area contributed by atoms with Gasteiger partial charge in [0.1, 0.15) is 11.5 Å². The minimum absolute atomic E-state index is 0.743. The van der Waals surface area contributed by atoms with Crippen LogP contribution >= 0.6 is 31.9 Å². The van der Waals surface area contributed by atoms with Crippen LogP contribution in [0.3, 0.4) is 0 Å². The van der Waals surface area contributed by atoms with Crippen LogP contribution in [-0.2, 0) is 6.54 Å². The van der Waals surface area contributed by atoms with Crippen LogP contribution in [0.15, 0.2) is 39.4 Å². The first kappa shape index (κ1) is 15.5. The van der Waals surface area contributed by atoms with Crippen molar-refractivity contribution < 1.29 is 4.74 Å². The minimum atomic E-state index is 0.743. The molecule has 1 heterocycles. The SMILES string of the molecule is CCNCc1cnc(C)cc1Oc1ccc(Br)cc1Br. The van der Waals surface area contributed by atoms with Gasteiger partial charge in [0.15, 0.2) is 0 Å². The topological polar surface area (TPSA) is 34.2 Å². The quantitative estimate of drug-likeness (QED) is 0.782. The number of nitrogens with zero attached hydrogens (tertiary/aromatic N) is 1. The summed E-state index contributed by atoms with van der Waals surface area (Å²) in [5.74, 6) is 1.62. The molecule has 0 aliphatic heterocycles. The second-order valence-electron chi connectivity index (χ2n) is 4.39. The van der Waals surface area contributed by atoms with E-state index in [0.717, 1.165) is 44.8 Å². The lowest BCUT2D eigenvalue weighted by Gasteiger charge is -2.13. The highest BCUT2D eigenvalue weighted by atomic mass is 79.9. The Morgan fingerprint density at radius 2 is 2.00 bits per heavy atom. The van der Waals surface area contributed by atoms with Crippen LogP contribution in [0.1, 0.15) is 18.2 Å². The molecule has 1 aromatic heterocycles. The lowest BCUT2D eigenvalue weighted by atomic mass is 10.2. The van der Waals surface area contributed by atoms with Gasteiger partial charge < -0.3 is 10.1 Å². The number of aromatic nitrogens is 1. The van der Waals surface area contributed by atoms with E-state index in [9.17, 15) is 0 Å². The highest BCUT2D eigenvalue weighted by molar-refractivity contribution is 9.11. The van der Waals surface area contributed by atoms with Crippen molar-refractivity contribution in [3.63, 3.8) is 0 Å². The summed E-state index contributed by atoms with van der Waals surface area (Å²) >= 11 is 6.95. The van der Waals surface area contributed by atoms with E-state index in [2.05, 4.69) is 49.1 Å². The fraction of sp³-hybridized carbons (Fsp3) is 0.267. The average Bonchev–Trinajstić information content (AvgIpc) is 2.41. The second-order valence-corrected chi connectivity index (χ2v) is 6.16. The number of hydrogen-bond acceptors (Lipinski definition) is 3. The van der Waals surface area contributed by atoms with Crippen molar-refractivity contribution >= 4 is 31.9 Å². The van der Waals surface area contributed by atoms with Crippen molar-refractivity contribution in [1.82, 2.24) is 10.3 Å². The van der Waals surface area contributed by atoms with E-state index in [-0.39, 0.29) is 0 Å². The van der Waals surface area contributed by atoms with E-state index < -0.39 is 0 Å². The molecule has 0 saturated carbocycles. The van der Waals surface area contributed by atoms with E-state index in [1.165, 1.54) is 0 Å². The highest BCUT2D eigenvalue weighted by Crippen LogP contribution is 2.33. The first-order valence-electron chi connectivity index (χ1n) is 6.39. The lowest BCUT2D eigenvalue weighted by Crippen LogP contribution is -2.12. The van der Waals surface area contributed by atoms with Gasteiger partial charge in [0.2, 0.25) is 0 Å². The molecule has 0 atom stereocenters. The molecule has 1 aromatic carbocycles. The zero-order valence-electron chi connectivity index (χ0n) is 11.4. The zero-order valence-corrected chi connectivity index (χ0v) is 14.6. The van der Waals surface area contributed by atoms with Gasteiger partial charge in [-0.3, -0.25) is 4.98 Å². The van der Waals surface area contributed by atoms with Crippen molar-refractivity contribution in [3.8, 4) is 11.5 Å². The zero-order chi connectivity index (χ0) is 14.5. The molecule has 0 radical (unpaired) electrons. The molecule has 106 valence electrons. The van der Waals surface area contributed by atoms with Gasteiger partial charge in [-0.25, -0.2) is 0 Å². The molecule has 0 spiro atoms. The van der Waals surface area contributed by atoms with Gasteiger partial charge in [0.25, 0.3) is 0 Å². The summed E-state index contributed by atoms with van der Waals surface area (Å²) < 4.78 is 7.95. The lowest BCUT2D eigenvalue weighted by molar-refractivity contribution is 0.468. The normalized spacial score (nSPS) is 10.6. The number of ether oxygens (including phenoxy) is 1. The molecule has 0 unspecified atom stereocenters. The van der Waals surface area contributed by atoms with Gasteiger partial charge in [-0.05, 0) is 47.6 Å². The fourth-order valence-corrected chi connectivity index (χ4v) is 2.85. The Balaban J connectivity index is 2.29. The Labute approximate surface area is 136 Å². The number of aryl methyl sites for hydroxylation is 1. The average molecular weight is 400 g/mol. The van der Waals surface area contributed by atoms with Crippen LogP contribution in [0.4, 0.5) is 0 Å². The molecule has 0 bridgehead atoms. The summed E-state index contributed by atoms with van der Waals surface area (Å²) in [7, 11) is 0. The second kappa shape index (κ2) is 7.20. The van der Waals surface area contributed by atoms with Crippen molar-refractivity contribution in [2.75, 3.05) is 6.54 Å². The summed E-state index contributed by atoms with van der Waals surface area (Å²) in [6.45, 7) is 5.69. The Bertz CT molecular complexity index is 602. The van der Waals surface area contributed by atoms with Crippen LogP contribution in [0, 0.1) is 6.92 Å². The van der Waals surface area contributed by atoms with Gasteiger partial charge >= 0.3 is 0 Å². The summed E-state index contributed by atoms with van der Waals surface area (Å²) in [6.07, 6.45) is 1.86. The van der Waals surface area contributed by atoms with Gasteiger partial charge in [0, 0.05) is 34.5 Å². The highest BCUT2D eigenvalue weighted by Gasteiger charge is 2.09. The predicted octanol–water partition coefficient (Wildman–Crippen LogP) is 4.82. The maximum Gasteiger partial charge on any atom is 0.141 e. The van der Waals surface area contributed by atoms with E-state index in [4.69, 9.17) is 4.74 Å². The van der Waals surface area contributed by atoms with E-state index in [1.54, 1.807) is 0 Å². The molecule has 2 rings (SSSR count). The molecule has 5 heteroatoms. The molecule has 0 aliphatic rings. The third-order valence-electron chi connectivity index (χ3n) is 2.76. The molecular weight excluding hydrogens is 384 g/mol. The summed E-state index contributed by atoms with van der Waals surface area (Å²) in [5.41, 5.74) is 1.99. The smallest absolute Gasteiger partial charge is 0.141 e. The third kappa shape index (κ3) is 4.04. The number of hydrogen-bond donors (Lipinski definition) is 1. The number of rotatable bonds is 5. The minimum Gasteiger partial charge on any atom is -0.456 e. The standard InChI is InChI=1S/C15H16Br2N2O/c1-3-18-8-11-9-19-10(2)6-15(11)20-14-5-4-12(16)7-13(14)17/h4-7,9,18H,3,8H2,1-2H3. The Kier molecular flexibility index (Phi) is 5.57.